The minimum absolute atomic E-state index is 0.128. The Morgan fingerprint density at radius 2 is 1.66 bits per heavy atom. The fourth-order valence-corrected chi connectivity index (χ4v) is 4.30. The fraction of sp³-hybridized carbons (Fsp3) is 0.308. The lowest BCUT2D eigenvalue weighted by molar-refractivity contribution is -0.133. The number of hydrogen-bond donors (Lipinski definition) is 1. The van der Waals surface area contributed by atoms with Crippen LogP contribution in [0.1, 0.15) is 15.3 Å². The van der Waals surface area contributed by atoms with Crippen molar-refractivity contribution in [1.29, 1.82) is 0 Å². The van der Waals surface area contributed by atoms with Crippen molar-refractivity contribution in [3.8, 4) is 5.75 Å². The Morgan fingerprint density at radius 3 is 2.26 bits per heavy atom. The highest BCUT2D eigenvalue weighted by Gasteiger charge is 2.22. The number of ether oxygens (including phenoxy) is 2. The molecule has 3 aromatic rings. The summed E-state index contributed by atoms with van der Waals surface area (Å²) < 4.78 is 23.7. The van der Waals surface area contributed by atoms with Gasteiger partial charge in [-0.15, -0.1) is 11.3 Å². The topological polar surface area (TPSA) is 71.1 Å². The van der Waals surface area contributed by atoms with Crippen LogP contribution in [0.15, 0.2) is 60.7 Å². The second kappa shape index (κ2) is 12.9. The first-order valence-electron chi connectivity index (χ1n) is 11.1. The van der Waals surface area contributed by atoms with Gasteiger partial charge in [0.15, 0.2) is 0 Å². The predicted molar refractivity (Wildman–Crippen MR) is 135 cm³/mol. The number of nitrogens with one attached hydrogen (secondary N) is 1. The van der Waals surface area contributed by atoms with Crippen LogP contribution in [0, 0.1) is 12.7 Å². The molecule has 0 aliphatic rings. The molecule has 1 heterocycles. The maximum absolute atomic E-state index is 13.4. The Hall–Kier alpha value is -3.43. The molecule has 35 heavy (non-hydrogen) atoms. The summed E-state index contributed by atoms with van der Waals surface area (Å²) in [4.78, 5) is 31.7. The smallest absolute Gasteiger partial charge is 0.322 e. The number of aryl methyl sites for hydroxylation is 1. The van der Waals surface area contributed by atoms with Crippen LogP contribution in [0.25, 0.3) is 0 Å². The largest absolute Gasteiger partial charge is 0.497 e. The number of benzene rings is 2. The number of rotatable bonds is 11. The third-order valence-electron chi connectivity index (χ3n) is 5.30. The second-order valence-electron chi connectivity index (χ2n) is 7.96. The third-order valence-corrected chi connectivity index (χ3v) is 6.29. The molecule has 1 aromatic heterocycles. The Labute approximate surface area is 209 Å². The van der Waals surface area contributed by atoms with E-state index in [1.54, 1.807) is 66.9 Å². The van der Waals surface area contributed by atoms with E-state index in [2.05, 4.69) is 5.32 Å². The quantitative estimate of drug-likeness (QED) is 0.407. The molecule has 2 aromatic carbocycles. The monoisotopic (exact) mass is 499 g/mol. The number of urea groups is 1. The van der Waals surface area contributed by atoms with E-state index in [0.29, 0.717) is 24.5 Å². The lowest BCUT2D eigenvalue weighted by Gasteiger charge is -2.27. The summed E-state index contributed by atoms with van der Waals surface area (Å²) in [5.41, 5.74) is 1.39. The number of carbonyl (C=O) groups is 2. The fourth-order valence-electron chi connectivity index (χ4n) is 3.39. The van der Waals surface area contributed by atoms with Crippen LogP contribution < -0.4 is 10.1 Å². The van der Waals surface area contributed by atoms with Crippen molar-refractivity contribution in [1.82, 2.24) is 9.80 Å². The standard InChI is InChI=1S/C26H30FN3O4S/c1-19-4-13-24(35-19)17-30(16-20-5-7-21(27)8-6-20)25(31)18-29(14-15-33-2)26(32)28-22-9-11-23(34-3)12-10-22/h4-13H,14-18H2,1-3H3,(H,28,32). The van der Waals surface area contributed by atoms with Crippen LogP contribution in [0.4, 0.5) is 14.9 Å². The van der Waals surface area contributed by atoms with Gasteiger partial charge in [-0.1, -0.05) is 12.1 Å². The van der Waals surface area contributed by atoms with Gasteiger partial charge in [-0.2, -0.15) is 0 Å². The molecule has 0 saturated heterocycles. The van der Waals surface area contributed by atoms with Gasteiger partial charge in [0.05, 0.1) is 20.3 Å². The summed E-state index contributed by atoms with van der Waals surface area (Å²) >= 11 is 1.61. The van der Waals surface area contributed by atoms with Gasteiger partial charge in [0.1, 0.15) is 18.1 Å². The lowest BCUT2D eigenvalue weighted by atomic mass is 10.2. The molecule has 3 rings (SSSR count). The Kier molecular flexibility index (Phi) is 9.63. The molecule has 186 valence electrons. The van der Waals surface area contributed by atoms with Crippen LogP contribution in [-0.4, -0.2) is 55.7 Å². The number of halogens is 1. The molecular weight excluding hydrogens is 469 g/mol. The van der Waals surface area contributed by atoms with Crippen LogP contribution in [-0.2, 0) is 22.6 Å². The zero-order chi connectivity index (χ0) is 25.2. The highest BCUT2D eigenvalue weighted by molar-refractivity contribution is 7.11. The van der Waals surface area contributed by atoms with Gasteiger partial charge in [-0.25, -0.2) is 9.18 Å². The van der Waals surface area contributed by atoms with E-state index in [-0.39, 0.29) is 31.4 Å². The zero-order valence-corrected chi connectivity index (χ0v) is 20.9. The summed E-state index contributed by atoms with van der Waals surface area (Å²) in [5.74, 6) is 0.123. The summed E-state index contributed by atoms with van der Waals surface area (Å²) in [6.07, 6.45) is 0. The number of hydrogen-bond acceptors (Lipinski definition) is 5. The Balaban J connectivity index is 1.74. The van der Waals surface area contributed by atoms with Crippen molar-refractivity contribution in [2.75, 3.05) is 39.2 Å². The molecule has 0 atom stereocenters. The maximum atomic E-state index is 13.4. The first-order chi connectivity index (χ1) is 16.9. The lowest BCUT2D eigenvalue weighted by Crippen LogP contribution is -2.45. The van der Waals surface area contributed by atoms with Crippen LogP contribution in [0.5, 0.6) is 5.75 Å². The van der Waals surface area contributed by atoms with Crippen molar-refractivity contribution < 1.29 is 23.5 Å². The molecule has 0 aliphatic carbocycles. The van der Waals surface area contributed by atoms with Crippen molar-refractivity contribution in [2.24, 2.45) is 0 Å². The number of anilines is 1. The van der Waals surface area contributed by atoms with E-state index < -0.39 is 6.03 Å². The van der Waals surface area contributed by atoms with Crippen molar-refractivity contribution in [3.63, 3.8) is 0 Å². The van der Waals surface area contributed by atoms with Gasteiger partial charge in [0.2, 0.25) is 5.91 Å². The average Bonchev–Trinajstić information content (AvgIpc) is 3.27. The number of nitrogens with zero attached hydrogens (tertiary/aromatic N) is 2. The number of carbonyl (C=O) groups excluding carboxylic acids is 2. The Bertz CT molecular complexity index is 1100. The molecule has 9 heteroatoms. The minimum Gasteiger partial charge on any atom is -0.497 e. The van der Waals surface area contributed by atoms with Crippen molar-refractivity contribution in [3.05, 3.63) is 81.8 Å². The first kappa shape index (κ1) is 26.2. The summed E-state index contributed by atoms with van der Waals surface area (Å²) in [7, 11) is 3.11. The van der Waals surface area contributed by atoms with Crippen LogP contribution in [0.2, 0.25) is 0 Å². The van der Waals surface area contributed by atoms with E-state index in [1.165, 1.54) is 17.0 Å². The second-order valence-corrected chi connectivity index (χ2v) is 9.33. The minimum atomic E-state index is -0.408. The van der Waals surface area contributed by atoms with Crippen LogP contribution >= 0.6 is 11.3 Å². The Morgan fingerprint density at radius 1 is 0.943 bits per heavy atom. The SMILES string of the molecule is COCCN(CC(=O)N(Cc1ccc(F)cc1)Cc1ccc(C)s1)C(=O)Nc1ccc(OC)cc1. The van der Waals surface area contributed by atoms with E-state index in [1.807, 2.05) is 19.1 Å². The maximum Gasteiger partial charge on any atom is 0.322 e. The first-order valence-corrected chi connectivity index (χ1v) is 12.0. The molecule has 0 spiro atoms. The van der Waals surface area contributed by atoms with Gasteiger partial charge in [-0.05, 0) is 61.0 Å². The predicted octanol–water partition coefficient (Wildman–Crippen LogP) is 4.91. The molecule has 0 unspecified atom stereocenters. The van der Waals surface area contributed by atoms with Crippen molar-refractivity contribution >= 4 is 29.0 Å². The highest BCUT2D eigenvalue weighted by atomic mass is 32.1. The molecule has 3 amide bonds. The zero-order valence-electron chi connectivity index (χ0n) is 20.1. The molecule has 7 nitrogen and oxygen atoms in total. The highest BCUT2D eigenvalue weighted by Crippen LogP contribution is 2.20. The average molecular weight is 500 g/mol. The van der Waals surface area contributed by atoms with E-state index in [0.717, 1.165) is 15.3 Å². The summed E-state index contributed by atoms with van der Waals surface area (Å²) in [5, 5.41) is 2.82. The molecule has 1 N–H and O–H groups in total. The summed E-state index contributed by atoms with van der Waals surface area (Å²) in [6, 6.07) is 16.6. The third kappa shape index (κ3) is 8.08. The van der Waals surface area contributed by atoms with E-state index >= 15 is 0 Å². The molecule has 0 saturated carbocycles. The molecule has 0 bridgehead atoms. The number of thiophene rings is 1. The van der Waals surface area contributed by atoms with E-state index in [9.17, 15) is 14.0 Å². The number of amides is 3. The van der Waals surface area contributed by atoms with Gasteiger partial charge in [0.25, 0.3) is 0 Å². The van der Waals surface area contributed by atoms with Gasteiger partial charge >= 0.3 is 6.03 Å². The van der Waals surface area contributed by atoms with Gasteiger partial charge in [0, 0.05) is 35.6 Å². The van der Waals surface area contributed by atoms with Gasteiger partial charge in [-0.3, -0.25) is 4.79 Å². The molecule has 0 aliphatic heterocycles. The van der Waals surface area contributed by atoms with Gasteiger partial charge < -0.3 is 24.6 Å². The molecule has 0 radical (unpaired) electrons. The summed E-state index contributed by atoms with van der Waals surface area (Å²) in [6.45, 7) is 3.10. The van der Waals surface area contributed by atoms with Crippen molar-refractivity contribution in [2.45, 2.75) is 20.0 Å². The molecular formula is C26H30FN3O4S. The normalized spacial score (nSPS) is 10.6. The van der Waals surface area contributed by atoms with E-state index in [4.69, 9.17) is 9.47 Å². The number of methoxy groups -OCH3 is 2. The molecule has 0 fully saturated rings. The van der Waals surface area contributed by atoms with Crippen LogP contribution in [0.3, 0.4) is 0 Å².